The highest BCUT2D eigenvalue weighted by Crippen LogP contribution is 2.17. The molecule has 1 amide bonds. The number of hydrogen-bond donors (Lipinski definition) is 2. The van der Waals surface area contributed by atoms with Gasteiger partial charge in [0.2, 0.25) is 5.91 Å². The molecule has 1 aromatic heterocycles. The van der Waals surface area contributed by atoms with E-state index in [2.05, 4.69) is 23.7 Å². The van der Waals surface area contributed by atoms with Crippen LogP contribution in [0.1, 0.15) is 28.5 Å². The maximum absolute atomic E-state index is 12.0. The van der Waals surface area contributed by atoms with Crippen LogP contribution in [0.2, 0.25) is 0 Å². The first-order chi connectivity index (χ1) is 10.1. The van der Waals surface area contributed by atoms with Crippen LogP contribution in [0.5, 0.6) is 0 Å². The molecule has 0 saturated carbocycles. The molecule has 5 heteroatoms. The first-order valence-electron chi connectivity index (χ1n) is 6.80. The molecule has 0 fully saturated rings. The molecule has 0 saturated heterocycles. The predicted octanol–water partition coefficient (Wildman–Crippen LogP) is 2.80. The van der Waals surface area contributed by atoms with Gasteiger partial charge in [-0.3, -0.25) is 4.79 Å². The molecular formula is C16H18N2OS2. The average Bonchev–Trinajstić information content (AvgIpc) is 2.93. The third-order valence-electron chi connectivity index (χ3n) is 3.27. The zero-order valence-electron chi connectivity index (χ0n) is 11.9. The summed E-state index contributed by atoms with van der Waals surface area (Å²) in [6, 6.07) is 9.58. The normalized spacial score (nSPS) is 10.3. The van der Waals surface area contributed by atoms with E-state index in [4.69, 9.17) is 18.0 Å². The fourth-order valence-corrected chi connectivity index (χ4v) is 3.10. The third-order valence-corrected chi connectivity index (χ3v) is 4.47. The molecule has 21 heavy (non-hydrogen) atoms. The van der Waals surface area contributed by atoms with Crippen LogP contribution in [-0.4, -0.2) is 10.9 Å². The third kappa shape index (κ3) is 4.37. The number of aryl methyl sites for hydroxylation is 1. The summed E-state index contributed by atoms with van der Waals surface area (Å²) in [6.45, 7) is 2.72. The number of carbonyl (C=O) groups is 1. The van der Waals surface area contributed by atoms with E-state index in [1.54, 1.807) is 11.3 Å². The van der Waals surface area contributed by atoms with Gasteiger partial charge in [-0.05, 0) is 29.0 Å². The van der Waals surface area contributed by atoms with Gasteiger partial charge in [-0.1, -0.05) is 43.4 Å². The molecule has 0 radical (unpaired) electrons. The van der Waals surface area contributed by atoms with Crippen LogP contribution in [0.15, 0.2) is 35.7 Å². The topological polar surface area (TPSA) is 55.1 Å². The standard InChI is InChI=1S/C16H18N2OS2/c1-2-12-7-8-21-14(12)10-18-15(19)9-11-3-5-13(6-4-11)16(17)20/h3-8H,2,9-10H2,1H3,(H2,17,20)(H,18,19). The van der Waals surface area contributed by atoms with Gasteiger partial charge in [-0.2, -0.15) is 0 Å². The van der Waals surface area contributed by atoms with Gasteiger partial charge >= 0.3 is 0 Å². The predicted molar refractivity (Wildman–Crippen MR) is 91.6 cm³/mol. The van der Waals surface area contributed by atoms with Crippen molar-refractivity contribution >= 4 is 34.5 Å². The summed E-state index contributed by atoms with van der Waals surface area (Å²) in [5.41, 5.74) is 8.63. The van der Waals surface area contributed by atoms with E-state index in [1.165, 1.54) is 10.4 Å². The quantitative estimate of drug-likeness (QED) is 0.805. The van der Waals surface area contributed by atoms with E-state index in [0.717, 1.165) is 17.5 Å². The van der Waals surface area contributed by atoms with Crippen molar-refractivity contribution in [2.75, 3.05) is 0 Å². The van der Waals surface area contributed by atoms with E-state index in [0.29, 0.717) is 18.0 Å². The second-order valence-electron chi connectivity index (χ2n) is 4.74. The first kappa shape index (κ1) is 15.7. The van der Waals surface area contributed by atoms with Crippen LogP contribution >= 0.6 is 23.6 Å². The fraction of sp³-hybridized carbons (Fsp3) is 0.250. The zero-order valence-corrected chi connectivity index (χ0v) is 13.5. The lowest BCUT2D eigenvalue weighted by Crippen LogP contribution is -2.24. The molecule has 0 atom stereocenters. The molecule has 0 aliphatic heterocycles. The lowest BCUT2D eigenvalue weighted by Gasteiger charge is -2.06. The Morgan fingerprint density at radius 3 is 2.62 bits per heavy atom. The van der Waals surface area contributed by atoms with Gasteiger partial charge in [-0.25, -0.2) is 0 Å². The van der Waals surface area contributed by atoms with Gasteiger partial charge in [0.05, 0.1) is 13.0 Å². The Morgan fingerprint density at radius 2 is 2.00 bits per heavy atom. The molecule has 3 nitrogen and oxygen atoms in total. The van der Waals surface area contributed by atoms with Gasteiger partial charge in [0.15, 0.2) is 0 Å². The van der Waals surface area contributed by atoms with Gasteiger partial charge in [-0.15, -0.1) is 11.3 Å². The molecule has 0 aliphatic carbocycles. The van der Waals surface area contributed by atoms with Crippen LogP contribution in [0.3, 0.4) is 0 Å². The number of amides is 1. The number of thiocarbonyl (C=S) groups is 1. The van der Waals surface area contributed by atoms with Crippen LogP contribution < -0.4 is 11.1 Å². The number of nitrogens with two attached hydrogens (primary N) is 1. The van der Waals surface area contributed by atoms with Crippen LogP contribution in [0, 0.1) is 0 Å². The Morgan fingerprint density at radius 1 is 1.29 bits per heavy atom. The molecule has 0 aliphatic rings. The smallest absolute Gasteiger partial charge is 0.224 e. The minimum absolute atomic E-state index is 0.0218. The Balaban J connectivity index is 1.88. The zero-order chi connectivity index (χ0) is 15.2. The molecule has 0 bridgehead atoms. The van der Waals surface area contributed by atoms with Gasteiger partial charge < -0.3 is 11.1 Å². The van der Waals surface area contributed by atoms with Crippen LogP contribution in [0.25, 0.3) is 0 Å². The van der Waals surface area contributed by atoms with Crippen LogP contribution in [0.4, 0.5) is 0 Å². The molecular weight excluding hydrogens is 300 g/mol. The van der Waals surface area contributed by atoms with Crippen molar-refractivity contribution in [2.45, 2.75) is 26.3 Å². The maximum atomic E-state index is 12.0. The molecule has 1 aromatic carbocycles. The summed E-state index contributed by atoms with van der Waals surface area (Å²) < 4.78 is 0. The summed E-state index contributed by atoms with van der Waals surface area (Å²) in [5, 5.41) is 5.03. The first-order valence-corrected chi connectivity index (χ1v) is 8.09. The minimum atomic E-state index is 0.0218. The fourth-order valence-electron chi connectivity index (χ4n) is 2.05. The maximum Gasteiger partial charge on any atom is 0.224 e. The summed E-state index contributed by atoms with van der Waals surface area (Å²) in [4.78, 5) is 13.6. The summed E-state index contributed by atoms with van der Waals surface area (Å²) >= 11 is 6.59. The summed E-state index contributed by atoms with van der Waals surface area (Å²) in [6.07, 6.45) is 1.36. The largest absolute Gasteiger partial charge is 0.389 e. The van der Waals surface area contributed by atoms with Gasteiger partial charge in [0, 0.05) is 10.4 Å². The van der Waals surface area contributed by atoms with E-state index in [1.807, 2.05) is 24.3 Å². The molecule has 1 heterocycles. The van der Waals surface area contributed by atoms with Gasteiger partial charge in [0.1, 0.15) is 4.99 Å². The second-order valence-corrected chi connectivity index (χ2v) is 6.18. The number of benzene rings is 1. The van der Waals surface area contributed by atoms with Crippen molar-refractivity contribution in [2.24, 2.45) is 5.73 Å². The Kier molecular flexibility index (Phi) is 5.47. The molecule has 0 spiro atoms. The van der Waals surface area contributed by atoms with Gasteiger partial charge in [0.25, 0.3) is 0 Å². The lowest BCUT2D eigenvalue weighted by molar-refractivity contribution is -0.120. The molecule has 2 rings (SSSR count). The number of rotatable bonds is 6. The van der Waals surface area contributed by atoms with Crippen molar-refractivity contribution in [3.05, 3.63) is 57.3 Å². The van der Waals surface area contributed by atoms with Crippen molar-refractivity contribution in [1.82, 2.24) is 5.32 Å². The summed E-state index contributed by atoms with van der Waals surface area (Å²) in [7, 11) is 0. The highest BCUT2D eigenvalue weighted by molar-refractivity contribution is 7.80. The number of hydrogen-bond acceptors (Lipinski definition) is 3. The van der Waals surface area contributed by atoms with E-state index >= 15 is 0 Å². The Hall–Kier alpha value is -1.72. The second kappa shape index (κ2) is 7.33. The van der Waals surface area contributed by atoms with Crippen molar-refractivity contribution < 1.29 is 4.79 Å². The Bertz CT molecular complexity index is 632. The van der Waals surface area contributed by atoms with E-state index < -0.39 is 0 Å². The van der Waals surface area contributed by atoms with Crippen molar-refractivity contribution in [3.63, 3.8) is 0 Å². The average molecular weight is 318 g/mol. The number of thiophene rings is 1. The molecule has 110 valence electrons. The lowest BCUT2D eigenvalue weighted by atomic mass is 10.1. The summed E-state index contributed by atoms with van der Waals surface area (Å²) in [5.74, 6) is 0.0218. The van der Waals surface area contributed by atoms with Crippen molar-refractivity contribution in [3.8, 4) is 0 Å². The van der Waals surface area contributed by atoms with Crippen molar-refractivity contribution in [1.29, 1.82) is 0 Å². The van der Waals surface area contributed by atoms with E-state index in [-0.39, 0.29) is 5.91 Å². The number of carbonyl (C=O) groups excluding carboxylic acids is 1. The molecule has 2 aromatic rings. The van der Waals surface area contributed by atoms with E-state index in [9.17, 15) is 4.79 Å². The number of nitrogens with one attached hydrogen (secondary N) is 1. The minimum Gasteiger partial charge on any atom is -0.389 e. The highest BCUT2D eigenvalue weighted by atomic mass is 32.1. The molecule has 0 unspecified atom stereocenters. The SMILES string of the molecule is CCc1ccsc1CNC(=O)Cc1ccc(C(N)=S)cc1. The molecule has 3 N–H and O–H groups in total. The highest BCUT2D eigenvalue weighted by Gasteiger charge is 2.07. The van der Waals surface area contributed by atoms with Crippen LogP contribution in [-0.2, 0) is 24.2 Å². The Labute approximate surface area is 134 Å². The monoisotopic (exact) mass is 318 g/mol.